The molecule has 0 aromatic carbocycles. The van der Waals surface area contributed by atoms with Crippen molar-refractivity contribution in [2.75, 3.05) is 0 Å². The van der Waals surface area contributed by atoms with Crippen molar-refractivity contribution in [3.8, 4) is 0 Å². The summed E-state index contributed by atoms with van der Waals surface area (Å²) in [6.07, 6.45) is 1.00. The Bertz CT molecular complexity index is 3.25. The first kappa shape index (κ1) is 9.06. The minimum Gasteiger partial charge on any atom is -0.344 e. The van der Waals surface area contributed by atoms with E-state index < -0.39 is 0 Å². The van der Waals surface area contributed by atoms with Crippen molar-refractivity contribution in [1.29, 1.82) is 0 Å². The molecule has 0 amide bonds. The first-order valence-electron chi connectivity index (χ1n) is 1.21. The maximum absolute atomic E-state index is 3.49. The Morgan fingerprint density at radius 3 is 1.75 bits per heavy atom. The molecule has 0 saturated carbocycles. The van der Waals surface area contributed by atoms with Crippen LogP contribution in [0.5, 0.6) is 0 Å². The smallest absolute Gasteiger partial charge is 0 e. The van der Waals surface area contributed by atoms with Crippen LogP contribution in [0.25, 0.3) is 0 Å². The van der Waals surface area contributed by atoms with Gasteiger partial charge in [-0.25, -0.2) is 0 Å². The van der Waals surface area contributed by atoms with E-state index >= 15 is 0 Å². The normalized spacial score (nSPS) is 4.50. The SMILES string of the molecule is [Ac].[CH2-]CC. The van der Waals surface area contributed by atoms with Crippen LogP contribution in [-0.4, -0.2) is 0 Å². The standard InChI is InChI=1S/C3H7.Ac/c1-3-2;/h1,3H2,2H3;/q-1;. The van der Waals surface area contributed by atoms with Crippen LogP contribution in [0.2, 0.25) is 0 Å². The van der Waals surface area contributed by atoms with Gasteiger partial charge in [0.05, 0.1) is 0 Å². The third kappa shape index (κ3) is 9.87. The summed E-state index contributed by atoms with van der Waals surface area (Å²) in [7, 11) is 0. The Hall–Kier alpha value is 1.44. The van der Waals surface area contributed by atoms with Gasteiger partial charge in [-0.1, -0.05) is 6.92 Å². The van der Waals surface area contributed by atoms with Crippen molar-refractivity contribution < 1.29 is 44.1 Å². The van der Waals surface area contributed by atoms with E-state index in [9.17, 15) is 0 Å². The van der Waals surface area contributed by atoms with E-state index in [-0.39, 0.29) is 44.1 Å². The summed E-state index contributed by atoms with van der Waals surface area (Å²) in [5.74, 6) is 0. The summed E-state index contributed by atoms with van der Waals surface area (Å²) in [4.78, 5) is 0. The van der Waals surface area contributed by atoms with E-state index in [0.717, 1.165) is 6.42 Å². The predicted molar refractivity (Wildman–Crippen MR) is 15.6 cm³/mol. The van der Waals surface area contributed by atoms with Crippen molar-refractivity contribution in [2.24, 2.45) is 0 Å². The largest absolute Gasteiger partial charge is 0.344 e. The molecule has 0 fully saturated rings. The zero-order valence-electron chi connectivity index (χ0n) is 2.99. The van der Waals surface area contributed by atoms with E-state index in [0.29, 0.717) is 0 Å². The van der Waals surface area contributed by atoms with E-state index in [1.165, 1.54) is 0 Å². The molecule has 0 aliphatic rings. The Balaban J connectivity index is 0. The van der Waals surface area contributed by atoms with Gasteiger partial charge in [0.15, 0.2) is 0 Å². The van der Waals surface area contributed by atoms with Crippen molar-refractivity contribution in [3.05, 3.63) is 6.92 Å². The molecular formula is C3H7Ac-. The van der Waals surface area contributed by atoms with Crippen molar-refractivity contribution in [2.45, 2.75) is 13.3 Å². The predicted octanol–water partition coefficient (Wildman–Crippen LogP) is 1.23. The average Bonchev–Trinajstić information content (AvgIpc) is 0.918. The molecule has 1 heteroatoms. The Morgan fingerprint density at radius 2 is 1.75 bits per heavy atom. The van der Waals surface area contributed by atoms with Gasteiger partial charge in [-0.2, -0.15) is 6.42 Å². The summed E-state index contributed by atoms with van der Waals surface area (Å²) in [6, 6.07) is 0. The van der Waals surface area contributed by atoms with Crippen molar-refractivity contribution >= 4 is 0 Å². The molecule has 0 aromatic heterocycles. The molecule has 0 aliphatic heterocycles. The summed E-state index contributed by atoms with van der Waals surface area (Å²) in [6.45, 7) is 5.50. The minimum absolute atomic E-state index is 0. The van der Waals surface area contributed by atoms with Gasteiger partial charge in [0.1, 0.15) is 0 Å². The Kier molecular flexibility index (Phi) is 20.0. The molecular weight excluding hydrogens is 263 g/mol. The second kappa shape index (κ2) is 8.82. The molecule has 4 heavy (non-hydrogen) atoms. The van der Waals surface area contributed by atoms with Gasteiger partial charge in [-0.3, -0.25) is 0 Å². The molecule has 1 radical (unpaired) electrons. The number of rotatable bonds is 0. The first-order valence-corrected chi connectivity index (χ1v) is 1.21. The summed E-state index contributed by atoms with van der Waals surface area (Å²) in [5.41, 5.74) is 0. The van der Waals surface area contributed by atoms with Gasteiger partial charge >= 0.3 is 0 Å². The molecule has 23 valence electrons. The molecule has 0 unspecified atom stereocenters. The zero-order valence-corrected chi connectivity index (χ0v) is 7.74. The minimum atomic E-state index is 0. The maximum atomic E-state index is 3.49. The molecule has 0 atom stereocenters. The third-order valence-electron chi connectivity index (χ3n) is 0. The monoisotopic (exact) mass is 270 g/mol. The molecule has 0 spiro atoms. The molecule has 0 heterocycles. The van der Waals surface area contributed by atoms with Gasteiger partial charge < -0.3 is 6.92 Å². The van der Waals surface area contributed by atoms with Crippen LogP contribution >= 0.6 is 0 Å². The number of hydrogen-bond donors (Lipinski definition) is 0. The van der Waals surface area contributed by atoms with Gasteiger partial charge in [0.25, 0.3) is 0 Å². The molecule has 0 saturated heterocycles. The second-order valence-electron chi connectivity index (χ2n) is 0.500. The fourth-order valence-corrected chi connectivity index (χ4v) is 0. The van der Waals surface area contributed by atoms with Crippen LogP contribution in [-0.2, 0) is 0 Å². The van der Waals surface area contributed by atoms with Gasteiger partial charge in [0, 0.05) is 44.1 Å². The molecule has 0 bridgehead atoms. The first-order chi connectivity index (χ1) is 1.41. The summed E-state index contributed by atoms with van der Waals surface area (Å²) in [5, 5.41) is 0. The van der Waals surface area contributed by atoms with Crippen LogP contribution in [0.3, 0.4) is 0 Å². The van der Waals surface area contributed by atoms with E-state index in [1.807, 2.05) is 6.92 Å². The quantitative estimate of drug-likeness (QED) is 0.581. The topological polar surface area (TPSA) is 0 Å². The summed E-state index contributed by atoms with van der Waals surface area (Å²) < 4.78 is 0. The molecule has 0 nitrogen and oxygen atoms in total. The summed E-state index contributed by atoms with van der Waals surface area (Å²) >= 11 is 0. The van der Waals surface area contributed by atoms with E-state index in [4.69, 9.17) is 0 Å². The number of hydrogen-bond acceptors (Lipinski definition) is 0. The van der Waals surface area contributed by atoms with Crippen LogP contribution in [0.4, 0.5) is 0 Å². The molecule has 0 N–H and O–H groups in total. The molecule has 0 rings (SSSR count). The van der Waals surface area contributed by atoms with Gasteiger partial charge in [-0.05, 0) is 0 Å². The Labute approximate surface area is 63.5 Å². The second-order valence-corrected chi connectivity index (χ2v) is 0.500. The molecule has 0 aromatic rings. The van der Waals surface area contributed by atoms with Crippen LogP contribution in [0.15, 0.2) is 0 Å². The van der Waals surface area contributed by atoms with Crippen LogP contribution < -0.4 is 0 Å². The zero-order chi connectivity index (χ0) is 2.71. The van der Waals surface area contributed by atoms with Gasteiger partial charge in [0.2, 0.25) is 0 Å². The van der Waals surface area contributed by atoms with E-state index in [1.54, 1.807) is 0 Å². The average molecular weight is 270 g/mol. The maximum Gasteiger partial charge on any atom is 0 e. The Morgan fingerprint density at radius 1 is 1.75 bits per heavy atom. The fraction of sp³-hybridized carbons (Fsp3) is 0.667. The van der Waals surface area contributed by atoms with E-state index in [2.05, 4.69) is 6.92 Å². The van der Waals surface area contributed by atoms with Crippen molar-refractivity contribution in [3.63, 3.8) is 0 Å². The van der Waals surface area contributed by atoms with Crippen LogP contribution in [0.1, 0.15) is 13.3 Å². The van der Waals surface area contributed by atoms with Crippen molar-refractivity contribution in [1.82, 2.24) is 0 Å². The van der Waals surface area contributed by atoms with Crippen LogP contribution in [0, 0.1) is 51.0 Å². The fourth-order valence-electron chi connectivity index (χ4n) is 0. The third-order valence-corrected chi connectivity index (χ3v) is 0. The molecule has 0 aliphatic carbocycles. The van der Waals surface area contributed by atoms with Gasteiger partial charge in [-0.15, -0.1) is 0 Å².